The van der Waals surface area contributed by atoms with Crippen LogP contribution in [0.4, 0.5) is 23.0 Å². The van der Waals surface area contributed by atoms with Gasteiger partial charge in [-0.1, -0.05) is 60.7 Å². The maximum atomic E-state index is 13.3. The van der Waals surface area contributed by atoms with Gasteiger partial charge in [0.1, 0.15) is 17.8 Å². The topological polar surface area (TPSA) is 109 Å². The first-order chi connectivity index (χ1) is 18.6. The van der Waals surface area contributed by atoms with Crippen molar-refractivity contribution in [3.8, 4) is 5.75 Å². The fraction of sp³-hybridized carbons (Fsp3) is 0.207. The molecule has 4 N–H and O–H groups in total. The predicted octanol–water partition coefficient (Wildman–Crippen LogP) is 3.67. The van der Waals surface area contributed by atoms with Gasteiger partial charge in [-0.05, 0) is 35.4 Å². The van der Waals surface area contributed by atoms with Crippen LogP contribution in [0.25, 0.3) is 0 Å². The SMILES string of the molecule is COc1ccc(N2CCN(c3ncnc(NNC(=O)C(c4ccccc4)c4ccccc4)c3N)CC2)cc1. The van der Waals surface area contributed by atoms with Crippen LogP contribution in [-0.2, 0) is 4.79 Å². The van der Waals surface area contributed by atoms with Gasteiger partial charge in [-0.25, -0.2) is 9.97 Å². The van der Waals surface area contributed by atoms with E-state index in [0.717, 1.165) is 48.7 Å². The number of carbonyl (C=O) groups excluding carboxylic acids is 1. The molecule has 2 heterocycles. The lowest BCUT2D eigenvalue weighted by atomic mass is 9.91. The van der Waals surface area contributed by atoms with Gasteiger partial charge < -0.3 is 20.3 Å². The van der Waals surface area contributed by atoms with Crippen LogP contribution < -0.4 is 31.1 Å². The third-order valence-electron chi connectivity index (χ3n) is 6.71. The first-order valence-corrected chi connectivity index (χ1v) is 12.5. The number of aromatic nitrogens is 2. The van der Waals surface area contributed by atoms with E-state index >= 15 is 0 Å². The number of nitrogens with two attached hydrogens (primary N) is 1. The molecule has 194 valence electrons. The van der Waals surface area contributed by atoms with Crippen LogP contribution >= 0.6 is 0 Å². The van der Waals surface area contributed by atoms with E-state index in [1.165, 1.54) is 6.33 Å². The first kappa shape index (κ1) is 24.9. The van der Waals surface area contributed by atoms with Crippen LogP contribution in [0.3, 0.4) is 0 Å². The van der Waals surface area contributed by atoms with Gasteiger partial charge in [0.05, 0.1) is 13.0 Å². The summed E-state index contributed by atoms with van der Waals surface area (Å²) in [6, 6.07) is 27.4. The van der Waals surface area contributed by atoms with Gasteiger partial charge >= 0.3 is 0 Å². The van der Waals surface area contributed by atoms with E-state index < -0.39 is 5.92 Å². The Morgan fingerprint density at radius 2 is 1.42 bits per heavy atom. The lowest BCUT2D eigenvalue weighted by Crippen LogP contribution is -2.47. The summed E-state index contributed by atoms with van der Waals surface area (Å²) in [5.41, 5.74) is 15.5. The molecule has 1 aromatic heterocycles. The Kier molecular flexibility index (Phi) is 7.54. The maximum absolute atomic E-state index is 13.3. The fourth-order valence-corrected chi connectivity index (χ4v) is 4.69. The smallest absolute Gasteiger partial charge is 0.250 e. The van der Waals surface area contributed by atoms with Gasteiger partial charge in [-0.3, -0.25) is 15.6 Å². The molecule has 1 amide bonds. The van der Waals surface area contributed by atoms with Crippen molar-refractivity contribution in [2.75, 3.05) is 54.2 Å². The number of hydrazine groups is 1. The number of amides is 1. The van der Waals surface area contributed by atoms with Gasteiger partial charge in [-0.15, -0.1) is 0 Å². The lowest BCUT2D eigenvalue weighted by Gasteiger charge is -2.37. The molecule has 0 unspecified atom stereocenters. The van der Waals surface area contributed by atoms with E-state index in [1.54, 1.807) is 7.11 Å². The van der Waals surface area contributed by atoms with E-state index in [1.807, 2.05) is 72.8 Å². The Morgan fingerprint density at radius 1 is 0.842 bits per heavy atom. The highest BCUT2D eigenvalue weighted by atomic mass is 16.5. The standard InChI is InChI=1S/C29H31N7O2/c1-38-24-14-12-23(13-15-24)35-16-18-36(19-17-35)28-26(30)27(31-20-32-28)33-34-29(37)25(21-8-4-2-5-9-21)22-10-6-3-7-11-22/h2-15,20,25H,16-19,30H2,1H3,(H,34,37)(H,31,32,33). The Labute approximate surface area is 222 Å². The molecule has 38 heavy (non-hydrogen) atoms. The van der Waals surface area contributed by atoms with E-state index in [2.05, 4.69) is 42.8 Å². The summed E-state index contributed by atoms with van der Waals surface area (Å²) < 4.78 is 5.26. The van der Waals surface area contributed by atoms with Crippen LogP contribution in [0.2, 0.25) is 0 Å². The summed E-state index contributed by atoms with van der Waals surface area (Å²) in [5, 5.41) is 0. The molecule has 1 saturated heterocycles. The van der Waals surface area contributed by atoms with Crippen molar-refractivity contribution in [3.63, 3.8) is 0 Å². The highest BCUT2D eigenvalue weighted by molar-refractivity contribution is 5.88. The van der Waals surface area contributed by atoms with Crippen molar-refractivity contribution in [2.45, 2.75) is 5.92 Å². The number of nitrogens with one attached hydrogen (secondary N) is 2. The van der Waals surface area contributed by atoms with Crippen molar-refractivity contribution in [1.82, 2.24) is 15.4 Å². The summed E-state index contributed by atoms with van der Waals surface area (Å²) in [4.78, 5) is 26.5. The monoisotopic (exact) mass is 509 g/mol. The molecule has 3 aromatic carbocycles. The third kappa shape index (κ3) is 5.46. The van der Waals surface area contributed by atoms with Gasteiger partial charge in [-0.2, -0.15) is 0 Å². The molecular weight excluding hydrogens is 478 g/mol. The molecule has 1 aliphatic heterocycles. The maximum Gasteiger partial charge on any atom is 0.250 e. The van der Waals surface area contributed by atoms with Crippen LogP contribution in [0.1, 0.15) is 17.0 Å². The Hall–Kier alpha value is -4.79. The number of piperazine rings is 1. The second-order valence-corrected chi connectivity index (χ2v) is 9.00. The quantitative estimate of drug-likeness (QED) is 0.309. The Balaban J connectivity index is 1.26. The molecule has 5 rings (SSSR count). The molecule has 1 fully saturated rings. The number of nitrogens with zero attached hydrogens (tertiary/aromatic N) is 4. The zero-order chi connectivity index (χ0) is 26.3. The molecule has 9 heteroatoms. The zero-order valence-electron chi connectivity index (χ0n) is 21.2. The largest absolute Gasteiger partial charge is 0.497 e. The number of hydrogen-bond donors (Lipinski definition) is 3. The summed E-state index contributed by atoms with van der Waals surface area (Å²) in [5.74, 6) is 1.15. The van der Waals surface area contributed by atoms with Crippen molar-refractivity contribution in [1.29, 1.82) is 0 Å². The Morgan fingerprint density at radius 3 is 2.00 bits per heavy atom. The average Bonchev–Trinajstić information content (AvgIpc) is 2.98. The lowest BCUT2D eigenvalue weighted by molar-refractivity contribution is -0.121. The van der Waals surface area contributed by atoms with Crippen LogP contribution in [0.15, 0.2) is 91.3 Å². The van der Waals surface area contributed by atoms with Crippen LogP contribution in [0, 0.1) is 0 Å². The van der Waals surface area contributed by atoms with Gasteiger partial charge in [0.2, 0.25) is 5.91 Å². The predicted molar refractivity (Wildman–Crippen MR) is 150 cm³/mol. The number of hydrogen-bond acceptors (Lipinski definition) is 8. The van der Waals surface area contributed by atoms with Gasteiger partial charge in [0, 0.05) is 31.9 Å². The first-order valence-electron chi connectivity index (χ1n) is 12.5. The van der Waals surface area contributed by atoms with Crippen LogP contribution in [-0.4, -0.2) is 49.2 Å². The van der Waals surface area contributed by atoms with Gasteiger partial charge in [0.15, 0.2) is 11.6 Å². The number of benzene rings is 3. The second kappa shape index (κ2) is 11.5. The van der Waals surface area contributed by atoms with E-state index in [0.29, 0.717) is 17.3 Å². The molecule has 1 aliphatic rings. The second-order valence-electron chi connectivity index (χ2n) is 9.00. The average molecular weight is 510 g/mol. The fourth-order valence-electron chi connectivity index (χ4n) is 4.69. The minimum Gasteiger partial charge on any atom is -0.497 e. The highest BCUT2D eigenvalue weighted by Crippen LogP contribution is 2.29. The molecule has 0 radical (unpaired) electrons. The Bertz CT molecular complexity index is 1300. The summed E-state index contributed by atoms with van der Waals surface area (Å²) in [6.45, 7) is 3.16. The van der Waals surface area contributed by atoms with Crippen LogP contribution in [0.5, 0.6) is 5.75 Å². The normalized spacial score (nSPS) is 13.3. The molecule has 0 bridgehead atoms. The number of rotatable bonds is 8. The third-order valence-corrected chi connectivity index (χ3v) is 6.71. The molecule has 0 atom stereocenters. The summed E-state index contributed by atoms with van der Waals surface area (Å²) in [7, 11) is 1.67. The minimum atomic E-state index is -0.488. The van der Waals surface area contributed by atoms with Crippen molar-refractivity contribution in [3.05, 3.63) is 102 Å². The zero-order valence-corrected chi connectivity index (χ0v) is 21.2. The molecule has 0 saturated carbocycles. The molecule has 0 aliphatic carbocycles. The van der Waals surface area contributed by atoms with Gasteiger partial charge in [0.25, 0.3) is 0 Å². The number of ether oxygens (including phenoxy) is 1. The van der Waals surface area contributed by atoms with Crippen molar-refractivity contribution in [2.24, 2.45) is 0 Å². The number of methoxy groups -OCH3 is 1. The molecular formula is C29H31N7O2. The number of anilines is 4. The van der Waals surface area contributed by atoms with E-state index in [4.69, 9.17) is 10.5 Å². The van der Waals surface area contributed by atoms with Crippen molar-refractivity contribution < 1.29 is 9.53 Å². The number of carbonyl (C=O) groups is 1. The molecule has 4 aromatic rings. The van der Waals surface area contributed by atoms with E-state index in [9.17, 15) is 4.79 Å². The van der Waals surface area contributed by atoms with Crippen molar-refractivity contribution >= 4 is 28.9 Å². The number of nitrogen functional groups attached to an aromatic ring is 1. The molecule has 0 spiro atoms. The molecule has 9 nitrogen and oxygen atoms in total. The highest BCUT2D eigenvalue weighted by Gasteiger charge is 2.24. The summed E-state index contributed by atoms with van der Waals surface area (Å²) >= 11 is 0. The summed E-state index contributed by atoms with van der Waals surface area (Å²) in [6.07, 6.45) is 1.46. The van der Waals surface area contributed by atoms with E-state index in [-0.39, 0.29) is 5.91 Å². The minimum absolute atomic E-state index is 0.213.